The van der Waals surface area contributed by atoms with Crippen LogP contribution in [0.25, 0.3) is 0 Å². The second-order valence-corrected chi connectivity index (χ2v) is 5.49. The Morgan fingerprint density at radius 3 is 2.82 bits per heavy atom. The molecule has 124 valence electrons. The number of ether oxygens (including phenoxy) is 1. The summed E-state index contributed by atoms with van der Waals surface area (Å²) in [6.45, 7) is 2.63. The zero-order chi connectivity index (χ0) is 16.5. The Labute approximate surface area is 131 Å². The zero-order valence-corrected chi connectivity index (χ0v) is 13.3. The third-order valence-corrected chi connectivity index (χ3v) is 3.45. The van der Waals surface area contributed by atoms with Crippen LogP contribution in [-0.2, 0) is 16.0 Å². The molecular formula is C13H19F2N3O3S. The number of carbonyl (C=O) groups excluding carboxylic acids is 1. The summed E-state index contributed by atoms with van der Waals surface area (Å²) >= 11 is 0.184. The first-order valence-electron chi connectivity index (χ1n) is 6.74. The van der Waals surface area contributed by atoms with Gasteiger partial charge in [0, 0.05) is 37.9 Å². The summed E-state index contributed by atoms with van der Waals surface area (Å²) in [5.41, 5.74) is 0.215. The van der Waals surface area contributed by atoms with E-state index in [9.17, 15) is 18.4 Å². The van der Waals surface area contributed by atoms with E-state index in [0.29, 0.717) is 30.8 Å². The number of thioether (sulfide) groups is 1. The highest BCUT2D eigenvalue weighted by Crippen LogP contribution is 2.20. The standard InChI is InChI=1S/C13H19F2N3O3S/c1-8-9(4-5-10(19)16-6-3-7-21-2)11(20)18-13(17-8)22-12(14)15/h12H,3-7H2,1-2H3,(H,16,19)(H,17,18,20). The molecule has 2 N–H and O–H groups in total. The lowest BCUT2D eigenvalue weighted by Gasteiger charge is -2.07. The minimum atomic E-state index is -2.65. The van der Waals surface area contributed by atoms with Gasteiger partial charge in [0.2, 0.25) is 5.91 Å². The summed E-state index contributed by atoms with van der Waals surface area (Å²) in [7, 11) is 1.58. The van der Waals surface area contributed by atoms with E-state index in [-0.39, 0.29) is 35.7 Å². The average Bonchev–Trinajstić information content (AvgIpc) is 2.42. The van der Waals surface area contributed by atoms with Crippen LogP contribution in [0.15, 0.2) is 9.95 Å². The Bertz CT molecular complexity index is 552. The molecular weight excluding hydrogens is 316 g/mol. The second kappa shape index (κ2) is 9.52. The fourth-order valence-electron chi connectivity index (χ4n) is 1.79. The van der Waals surface area contributed by atoms with Gasteiger partial charge in [-0.25, -0.2) is 4.98 Å². The van der Waals surface area contributed by atoms with Crippen molar-refractivity contribution < 1.29 is 18.3 Å². The number of rotatable bonds is 9. The third kappa shape index (κ3) is 6.52. The largest absolute Gasteiger partial charge is 0.385 e. The number of aryl methyl sites for hydroxylation is 1. The lowest BCUT2D eigenvalue weighted by Crippen LogP contribution is -2.27. The van der Waals surface area contributed by atoms with Crippen LogP contribution in [0.1, 0.15) is 24.1 Å². The van der Waals surface area contributed by atoms with Crippen LogP contribution in [0, 0.1) is 6.92 Å². The van der Waals surface area contributed by atoms with Crippen molar-refractivity contribution in [1.82, 2.24) is 15.3 Å². The molecule has 1 aromatic heterocycles. The first-order valence-corrected chi connectivity index (χ1v) is 7.62. The molecule has 0 unspecified atom stereocenters. The molecule has 1 aromatic rings. The monoisotopic (exact) mass is 335 g/mol. The molecule has 9 heteroatoms. The molecule has 0 aliphatic rings. The molecule has 0 aromatic carbocycles. The molecule has 1 rings (SSSR count). The number of halogens is 2. The maximum atomic E-state index is 12.3. The van der Waals surface area contributed by atoms with Crippen LogP contribution < -0.4 is 10.9 Å². The minimum absolute atomic E-state index is 0.120. The van der Waals surface area contributed by atoms with Crippen LogP contribution in [0.5, 0.6) is 0 Å². The van der Waals surface area contributed by atoms with Crippen molar-refractivity contribution in [3.8, 4) is 0 Å². The van der Waals surface area contributed by atoms with Crippen LogP contribution >= 0.6 is 11.8 Å². The van der Waals surface area contributed by atoms with Gasteiger partial charge in [0.1, 0.15) is 0 Å². The van der Waals surface area contributed by atoms with Gasteiger partial charge in [0.25, 0.3) is 11.3 Å². The summed E-state index contributed by atoms with van der Waals surface area (Å²) in [5, 5.41) is 2.59. The highest BCUT2D eigenvalue weighted by molar-refractivity contribution is 7.99. The van der Waals surface area contributed by atoms with Gasteiger partial charge in [0.15, 0.2) is 5.16 Å². The number of H-pyrrole nitrogens is 1. The van der Waals surface area contributed by atoms with Crippen LogP contribution in [-0.4, -0.2) is 41.9 Å². The fraction of sp³-hybridized carbons (Fsp3) is 0.615. The summed E-state index contributed by atoms with van der Waals surface area (Å²) in [6.07, 6.45) is 1.06. The van der Waals surface area contributed by atoms with Crippen molar-refractivity contribution in [2.75, 3.05) is 20.3 Å². The van der Waals surface area contributed by atoms with E-state index >= 15 is 0 Å². The van der Waals surface area contributed by atoms with Gasteiger partial charge < -0.3 is 15.0 Å². The zero-order valence-electron chi connectivity index (χ0n) is 12.4. The maximum Gasteiger partial charge on any atom is 0.291 e. The molecule has 0 saturated heterocycles. The van der Waals surface area contributed by atoms with E-state index < -0.39 is 11.3 Å². The molecule has 0 atom stereocenters. The number of nitrogens with zero attached hydrogens (tertiary/aromatic N) is 1. The molecule has 0 bridgehead atoms. The minimum Gasteiger partial charge on any atom is -0.385 e. The number of alkyl halides is 2. The van der Waals surface area contributed by atoms with Gasteiger partial charge >= 0.3 is 0 Å². The van der Waals surface area contributed by atoms with E-state index in [2.05, 4.69) is 15.3 Å². The summed E-state index contributed by atoms with van der Waals surface area (Å²) in [6, 6.07) is 0. The number of amides is 1. The molecule has 0 aliphatic heterocycles. The van der Waals surface area contributed by atoms with Gasteiger partial charge in [0.05, 0.1) is 0 Å². The highest BCUT2D eigenvalue weighted by atomic mass is 32.2. The maximum absolute atomic E-state index is 12.3. The fourth-order valence-corrected chi connectivity index (χ4v) is 2.30. The number of hydrogen-bond acceptors (Lipinski definition) is 5. The predicted octanol–water partition coefficient (Wildman–Crippen LogP) is 1.48. The van der Waals surface area contributed by atoms with E-state index in [4.69, 9.17) is 4.74 Å². The van der Waals surface area contributed by atoms with Crippen molar-refractivity contribution in [3.63, 3.8) is 0 Å². The lowest BCUT2D eigenvalue weighted by atomic mass is 10.1. The summed E-state index contributed by atoms with van der Waals surface area (Å²) < 4.78 is 29.4. The van der Waals surface area contributed by atoms with Gasteiger partial charge in [-0.3, -0.25) is 9.59 Å². The molecule has 1 amide bonds. The Morgan fingerprint density at radius 2 is 2.23 bits per heavy atom. The average molecular weight is 335 g/mol. The Morgan fingerprint density at radius 1 is 1.50 bits per heavy atom. The third-order valence-electron chi connectivity index (χ3n) is 2.85. The molecule has 6 nitrogen and oxygen atoms in total. The molecule has 0 aliphatic carbocycles. The van der Waals surface area contributed by atoms with E-state index in [1.807, 2.05) is 0 Å². The second-order valence-electron chi connectivity index (χ2n) is 4.51. The smallest absolute Gasteiger partial charge is 0.291 e. The molecule has 0 spiro atoms. The van der Waals surface area contributed by atoms with Crippen molar-refractivity contribution in [1.29, 1.82) is 0 Å². The summed E-state index contributed by atoms with van der Waals surface area (Å²) in [5.74, 6) is -2.83. The van der Waals surface area contributed by atoms with Crippen LogP contribution in [0.3, 0.4) is 0 Å². The number of aromatic amines is 1. The lowest BCUT2D eigenvalue weighted by molar-refractivity contribution is -0.121. The Balaban J connectivity index is 2.55. The van der Waals surface area contributed by atoms with Gasteiger partial charge in [-0.2, -0.15) is 8.78 Å². The molecule has 0 fully saturated rings. The number of methoxy groups -OCH3 is 1. The van der Waals surface area contributed by atoms with E-state index in [1.54, 1.807) is 14.0 Å². The van der Waals surface area contributed by atoms with Crippen molar-refractivity contribution in [2.45, 2.75) is 37.1 Å². The molecule has 0 radical (unpaired) electrons. The van der Waals surface area contributed by atoms with Gasteiger partial charge in [-0.1, -0.05) is 0 Å². The molecule has 0 saturated carbocycles. The first-order chi connectivity index (χ1) is 10.4. The van der Waals surface area contributed by atoms with Crippen molar-refractivity contribution >= 4 is 17.7 Å². The number of hydrogen-bond donors (Lipinski definition) is 2. The molecule has 22 heavy (non-hydrogen) atoms. The van der Waals surface area contributed by atoms with Crippen LogP contribution in [0.2, 0.25) is 0 Å². The Kier molecular flexibility index (Phi) is 8.03. The van der Waals surface area contributed by atoms with E-state index in [0.717, 1.165) is 0 Å². The Hall–Kier alpha value is -1.48. The SMILES string of the molecule is COCCCNC(=O)CCc1c(C)nc(SC(F)F)[nH]c1=O. The number of carbonyl (C=O) groups is 1. The number of aromatic nitrogens is 2. The van der Waals surface area contributed by atoms with Crippen molar-refractivity contribution in [3.05, 3.63) is 21.6 Å². The van der Waals surface area contributed by atoms with Crippen LogP contribution in [0.4, 0.5) is 8.78 Å². The topological polar surface area (TPSA) is 84.1 Å². The van der Waals surface area contributed by atoms with Gasteiger partial charge in [-0.05, 0) is 31.5 Å². The summed E-state index contributed by atoms with van der Waals surface area (Å²) in [4.78, 5) is 29.7. The number of nitrogens with one attached hydrogen (secondary N) is 2. The van der Waals surface area contributed by atoms with Crippen molar-refractivity contribution in [2.24, 2.45) is 0 Å². The predicted molar refractivity (Wildman–Crippen MR) is 79.3 cm³/mol. The normalized spacial score (nSPS) is 11.0. The first kappa shape index (κ1) is 18.6. The molecule has 1 heterocycles. The quantitative estimate of drug-likeness (QED) is 0.406. The van der Waals surface area contributed by atoms with Gasteiger partial charge in [-0.15, -0.1) is 0 Å². The van der Waals surface area contributed by atoms with E-state index in [1.165, 1.54) is 0 Å². The highest BCUT2D eigenvalue weighted by Gasteiger charge is 2.13.